The van der Waals surface area contributed by atoms with Crippen molar-refractivity contribution < 1.29 is 9.53 Å². The Morgan fingerprint density at radius 1 is 1.45 bits per heavy atom. The Kier molecular flexibility index (Phi) is 5.48. The molecule has 0 spiro atoms. The molecule has 0 aliphatic carbocycles. The molecular formula is C12H16ClN5O2. The van der Waals surface area contributed by atoms with E-state index in [2.05, 4.69) is 20.5 Å². The van der Waals surface area contributed by atoms with Crippen molar-refractivity contribution in [3.8, 4) is 17.1 Å². The molecule has 1 heterocycles. The van der Waals surface area contributed by atoms with E-state index in [0.717, 1.165) is 5.56 Å². The number of nitrogens with zero attached hydrogens (tertiary/aromatic N) is 2. The third-order valence-corrected chi connectivity index (χ3v) is 2.50. The van der Waals surface area contributed by atoms with Crippen LogP contribution in [0.3, 0.4) is 0 Å². The van der Waals surface area contributed by atoms with Crippen molar-refractivity contribution in [3.63, 3.8) is 0 Å². The van der Waals surface area contributed by atoms with Crippen molar-refractivity contribution in [1.82, 2.24) is 15.2 Å². The van der Waals surface area contributed by atoms with Crippen LogP contribution in [-0.2, 0) is 4.79 Å². The van der Waals surface area contributed by atoms with Gasteiger partial charge in [-0.3, -0.25) is 15.2 Å². The number of halogens is 1. The van der Waals surface area contributed by atoms with Crippen LogP contribution in [0.5, 0.6) is 5.75 Å². The molecule has 20 heavy (non-hydrogen) atoms. The van der Waals surface area contributed by atoms with Crippen molar-refractivity contribution in [3.05, 3.63) is 24.3 Å². The number of H-pyrrole nitrogens is 1. The summed E-state index contributed by atoms with van der Waals surface area (Å²) in [5.74, 6) is 1.02. The molecule has 1 atom stereocenters. The molecule has 8 heteroatoms. The number of ether oxygens (including phenoxy) is 1. The topological polar surface area (TPSA) is 106 Å². The quantitative estimate of drug-likeness (QED) is 0.786. The van der Waals surface area contributed by atoms with Crippen LogP contribution in [0.2, 0.25) is 0 Å². The molecule has 1 aromatic heterocycles. The van der Waals surface area contributed by atoms with Gasteiger partial charge in [0.2, 0.25) is 11.9 Å². The summed E-state index contributed by atoms with van der Waals surface area (Å²) in [5.41, 5.74) is 6.21. The zero-order valence-corrected chi connectivity index (χ0v) is 11.9. The zero-order valence-electron chi connectivity index (χ0n) is 11.1. The number of anilines is 1. The second-order valence-corrected chi connectivity index (χ2v) is 3.99. The van der Waals surface area contributed by atoms with Crippen LogP contribution in [0, 0.1) is 0 Å². The third-order valence-electron chi connectivity index (χ3n) is 2.50. The maximum absolute atomic E-state index is 11.4. The van der Waals surface area contributed by atoms with E-state index in [1.54, 1.807) is 14.0 Å². The van der Waals surface area contributed by atoms with Gasteiger partial charge in [-0.2, -0.15) is 4.98 Å². The summed E-state index contributed by atoms with van der Waals surface area (Å²) < 4.78 is 5.23. The molecule has 2 aromatic rings. The van der Waals surface area contributed by atoms with E-state index in [-0.39, 0.29) is 24.3 Å². The molecule has 0 radical (unpaired) electrons. The van der Waals surface area contributed by atoms with E-state index < -0.39 is 6.04 Å². The summed E-state index contributed by atoms with van der Waals surface area (Å²) in [6.45, 7) is 1.59. The van der Waals surface area contributed by atoms with Gasteiger partial charge in [0.1, 0.15) is 5.75 Å². The minimum absolute atomic E-state index is 0. The normalized spacial score (nSPS) is 11.3. The fraction of sp³-hybridized carbons (Fsp3) is 0.250. The molecule has 0 saturated heterocycles. The van der Waals surface area contributed by atoms with Crippen LogP contribution >= 0.6 is 12.4 Å². The summed E-state index contributed by atoms with van der Waals surface area (Å²) in [6.07, 6.45) is 0. The summed E-state index contributed by atoms with van der Waals surface area (Å²) in [6, 6.07) is 6.76. The third kappa shape index (κ3) is 3.46. The summed E-state index contributed by atoms with van der Waals surface area (Å²) in [7, 11) is 1.58. The van der Waals surface area contributed by atoms with Gasteiger partial charge >= 0.3 is 0 Å². The average Bonchev–Trinajstić information content (AvgIpc) is 2.86. The van der Waals surface area contributed by atoms with E-state index in [9.17, 15) is 4.79 Å². The van der Waals surface area contributed by atoms with Gasteiger partial charge in [0.05, 0.1) is 18.7 Å². The molecule has 1 amide bonds. The average molecular weight is 298 g/mol. The largest absolute Gasteiger partial charge is 0.496 e. The standard InChI is InChI=1S/C12H15N5O2.ClH/c1-7(13)11(18)15-12-14-10(16-17-12)8-5-3-4-6-9(8)19-2;/h3-7H,13H2,1-2H3,(H2,14,15,16,17,18);1H. The van der Waals surface area contributed by atoms with Crippen LogP contribution in [0.4, 0.5) is 5.95 Å². The number of hydrogen-bond donors (Lipinski definition) is 3. The molecule has 7 nitrogen and oxygen atoms in total. The van der Waals surface area contributed by atoms with E-state index in [1.807, 2.05) is 24.3 Å². The molecule has 108 valence electrons. The first-order valence-electron chi connectivity index (χ1n) is 5.74. The first kappa shape index (κ1) is 15.9. The number of amides is 1. The number of aromatic amines is 1. The number of nitrogens with two attached hydrogens (primary N) is 1. The first-order valence-corrected chi connectivity index (χ1v) is 5.74. The minimum Gasteiger partial charge on any atom is -0.496 e. The van der Waals surface area contributed by atoms with Crippen molar-refractivity contribution in [1.29, 1.82) is 0 Å². The van der Waals surface area contributed by atoms with Crippen molar-refractivity contribution in [2.24, 2.45) is 5.73 Å². The summed E-state index contributed by atoms with van der Waals surface area (Å²) in [4.78, 5) is 15.6. The molecule has 1 aromatic carbocycles. The molecular weight excluding hydrogens is 282 g/mol. The van der Waals surface area contributed by atoms with Crippen molar-refractivity contribution in [2.45, 2.75) is 13.0 Å². The molecule has 0 aliphatic heterocycles. The van der Waals surface area contributed by atoms with E-state index in [0.29, 0.717) is 11.6 Å². The number of carbonyl (C=O) groups is 1. The maximum Gasteiger partial charge on any atom is 0.249 e. The summed E-state index contributed by atoms with van der Waals surface area (Å²) in [5, 5.41) is 9.17. The lowest BCUT2D eigenvalue weighted by Gasteiger charge is -2.04. The van der Waals surface area contributed by atoms with Gasteiger partial charge in [0, 0.05) is 0 Å². The second kappa shape index (κ2) is 6.88. The Morgan fingerprint density at radius 2 is 2.15 bits per heavy atom. The van der Waals surface area contributed by atoms with Gasteiger partial charge in [0.15, 0.2) is 5.82 Å². The monoisotopic (exact) mass is 297 g/mol. The second-order valence-electron chi connectivity index (χ2n) is 3.99. The lowest BCUT2D eigenvalue weighted by molar-refractivity contribution is -0.117. The molecule has 4 N–H and O–H groups in total. The highest BCUT2D eigenvalue weighted by atomic mass is 35.5. The fourth-order valence-electron chi connectivity index (χ4n) is 1.50. The van der Waals surface area contributed by atoms with Crippen LogP contribution in [0.25, 0.3) is 11.4 Å². The fourth-order valence-corrected chi connectivity index (χ4v) is 1.50. The molecule has 2 rings (SSSR count). The molecule has 0 aliphatic rings. The lowest BCUT2D eigenvalue weighted by atomic mass is 10.2. The summed E-state index contributed by atoms with van der Waals surface area (Å²) >= 11 is 0. The van der Waals surface area contributed by atoms with Gasteiger partial charge in [-0.05, 0) is 19.1 Å². The number of methoxy groups -OCH3 is 1. The Balaban J connectivity index is 0.00000200. The molecule has 0 bridgehead atoms. The van der Waals surface area contributed by atoms with Crippen LogP contribution in [0.1, 0.15) is 6.92 Å². The Labute approximate surface area is 122 Å². The highest BCUT2D eigenvalue weighted by Gasteiger charge is 2.13. The SMILES string of the molecule is COc1ccccc1-c1nc(NC(=O)C(C)N)n[nH]1.Cl. The minimum atomic E-state index is -0.617. The number of nitrogens with one attached hydrogen (secondary N) is 2. The number of carbonyl (C=O) groups excluding carboxylic acids is 1. The highest BCUT2D eigenvalue weighted by Crippen LogP contribution is 2.26. The smallest absolute Gasteiger partial charge is 0.249 e. The predicted molar refractivity (Wildman–Crippen MR) is 77.9 cm³/mol. The number of benzene rings is 1. The highest BCUT2D eigenvalue weighted by molar-refractivity contribution is 5.93. The molecule has 0 saturated carbocycles. The predicted octanol–water partition coefficient (Wildman–Crippen LogP) is 1.19. The van der Waals surface area contributed by atoms with Crippen molar-refractivity contribution >= 4 is 24.3 Å². The van der Waals surface area contributed by atoms with Crippen LogP contribution < -0.4 is 15.8 Å². The van der Waals surface area contributed by atoms with Crippen LogP contribution in [-0.4, -0.2) is 34.2 Å². The first-order chi connectivity index (χ1) is 9.11. The Hall–Kier alpha value is -2.12. The number of rotatable bonds is 4. The van der Waals surface area contributed by atoms with Crippen molar-refractivity contribution in [2.75, 3.05) is 12.4 Å². The van der Waals surface area contributed by atoms with Gasteiger partial charge in [0.25, 0.3) is 0 Å². The molecule has 0 fully saturated rings. The van der Waals surface area contributed by atoms with Gasteiger partial charge < -0.3 is 10.5 Å². The lowest BCUT2D eigenvalue weighted by Crippen LogP contribution is -2.32. The van der Waals surface area contributed by atoms with E-state index >= 15 is 0 Å². The number of aromatic nitrogens is 3. The van der Waals surface area contributed by atoms with E-state index in [1.165, 1.54) is 0 Å². The maximum atomic E-state index is 11.4. The number of para-hydroxylation sites is 1. The Morgan fingerprint density at radius 3 is 2.80 bits per heavy atom. The molecule has 1 unspecified atom stereocenters. The van der Waals surface area contributed by atoms with Gasteiger partial charge in [-0.25, -0.2) is 0 Å². The Bertz CT molecular complexity index is 585. The zero-order chi connectivity index (χ0) is 13.8. The van der Waals surface area contributed by atoms with E-state index in [4.69, 9.17) is 10.5 Å². The van der Waals surface area contributed by atoms with Crippen LogP contribution in [0.15, 0.2) is 24.3 Å². The van der Waals surface area contributed by atoms with Gasteiger partial charge in [-0.15, -0.1) is 17.5 Å². The van der Waals surface area contributed by atoms with Gasteiger partial charge in [-0.1, -0.05) is 12.1 Å². The number of hydrogen-bond acceptors (Lipinski definition) is 5.